The summed E-state index contributed by atoms with van der Waals surface area (Å²) in [5.41, 5.74) is 2.29. The van der Waals surface area contributed by atoms with Crippen LogP contribution >= 0.6 is 0 Å². The highest BCUT2D eigenvalue weighted by Gasteiger charge is 2.17. The zero-order valence-corrected chi connectivity index (χ0v) is 18.9. The lowest BCUT2D eigenvalue weighted by molar-refractivity contribution is 0.0601. The molecule has 0 aliphatic heterocycles. The second kappa shape index (κ2) is 9.28. The SMILES string of the molecule is COC(=O)c1cc(CC(C)(C)C)ccc1N=Nc1ccc(O)cc1OCC(C)(C)C. The zero-order valence-electron chi connectivity index (χ0n) is 18.9. The van der Waals surface area contributed by atoms with Crippen molar-refractivity contribution in [2.45, 2.75) is 48.0 Å². The van der Waals surface area contributed by atoms with Gasteiger partial charge >= 0.3 is 5.97 Å². The van der Waals surface area contributed by atoms with Crippen LogP contribution < -0.4 is 4.74 Å². The van der Waals surface area contributed by atoms with E-state index in [1.165, 1.54) is 19.2 Å². The largest absolute Gasteiger partial charge is 0.508 e. The van der Waals surface area contributed by atoms with Crippen molar-refractivity contribution < 1.29 is 19.4 Å². The number of nitrogens with zero attached hydrogens (tertiary/aromatic N) is 2. The Labute approximate surface area is 178 Å². The number of carbonyl (C=O) groups is 1. The third-order valence-corrected chi connectivity index (χ3v) is 4.07. The van der Waals surface area contributed by atoms with E-state index in [0.29, 0.717) is 29.3 Å². The number of phenols is 1. The van der Waals surface area contributed by atoms with E-state index in [1.54, 1.807) is 18.2 Å². The molecule has 0 radical (unpaired) electrons. The maximum absolute atomic E-state index is 12.3. The Morgan fingerprint density at radius 2 is 1.57 bits per heavy atom. The summed E-state index contributed by atoms with van der Waals surface area (Å²) in [6, 6.07) is 10.2. The van der Waals surface area contributed by atoms with Gasteiger partial charge in [0.05, 0.1) is 19.3 Å². The van der Waals surface area contributed by atoms with Crippen molar-refractivity contribution in [2.24, 2.45) is 21.1 Å². The minimum absolute atomic E-state index is 0.0547. The number of phenolic OH excluding ortho intramolecular Hbond substituents is 1. The second-order valence-electron chi connectivity index (χ2n) is 9.78. The van der Waals surface area contributed by atoms with Crippen molar-refractivity contribution in [3.63, 3.8) is 0 Å². The molecule has 0 aliphatic carbocycles. The first-order chi connectivity index (χ1) is 13.9. The van der Waals surface area contributed by atoms with Gasteiger partial charge in [0.1, 0.15) is 17.1 Å². The number of azo groups is 1. The summed E-state index contributed by atoms with van der Waals surface area (Å²) in [6.45, 7) is 13.0. The van der Waals surface area contributed by atoms with Gasteiger partial charge in [-0.25, -0.2) is 4.79 Å². The molecule has 2 aromatic rings. The molecule has 2 aromatic carbocycles. The molecule has 0 saturated heterocycles. The van der Waals surface area contributed by atoms with Crippen LogP contribution in [0.5, 0.6) is 11.5 Å². The highest BCUT2D eigenvalue weighted by Crippen LogP contribution is 2.35. The molecule has 0 aliphatic rings. The van der Waals surface area contributed by atoms with Crippen LogP contribution in [0.25, 0.3) is 0 Å². The van der Waals surface area contributed by atoms with Gasteiger partial charge in [0, 0.05) is 6.07 Å². The predicted molar refractivity (Wildman–Crippen MR) is 118 cm³/mol. The molecule has 0 atom stereocenters. The molecule has 0 fully saturated rings. The second-order valence-corrected chi connectivity index (χ2v) is 9.78. The van der Waals surface area contributed by atoms with Gasteiger partial charge in [-0.05, 0) is 47.1 Å². The number of ether oxygens (including phenoxy) is 2. The van der Waals surface area contributed by atoms with Crippen LogP contribution in [-0.4, -0.2) is 24.8 Å². The van der Waals surface area contributed by atoms with Gasteiger partial charge < -0.3 is 14.6 Å². The summed E-state index contributed by atoms with van der Waals surface area (Å²) in [7, 11) is 1.35. The minimum atomic E-state index is -0.463. The van der Waals surface area contributed by atoms with Gasteiger partial charge in [0.2, 0.25) is 0 Å². The Bertz CT molecular complexity index is 922. The summed E-state index contributed by atoms with van der Waals surface area (Å²) in [5.74, 6) is 0.0481. The van der Waals surface area contributed by atoms with Gasteiger partial charge in [-0.3, -0.25) is 0 Å². The normalized spacial score (nSPS) is 12.2. The third kappa shape index (κ3) is 7.17. The molecule has 162 valence electrons. The molecule has 1 N–H and O–H groups in total. The third-order valence-electron chi connectivity index (χ3n) is 4.07. The molecular formula is C24H32N2O4. The molecular weight excluding hydrogens is 380 g/mol. The lowest BCUT2D eigenvalue weighted by Gasteiger charge is -2.19. The number of rotatable bonds is 6. The first kappa shape index (κ1) is 23.4. The van der Waals surface area contributed by atoms with Crippen LogP contribution in [0.1, 0.15) is 57.5 Å². The Hall–Kier alpha value is -2.89. The number of esters is 1. The Kier molecular flexibility index (Phi) is 7.24. The van der Waals surface area contributed by atoms with E-state index < -0.39 is 5.97 Å². The van der Waals surface area contributed by atoms with Crippen molar-refractivity contribution in [1.82, 2.24) is 0 Å². The Morgan fingerprint density at radius 1 is 0.933 bits per heavy atom. The average Bonchev–Trinajstić information content (AvgIpc) is 2.63. The molecule has 0 saturated carbocycles. The fourth-order valence-electron chi connectivity index (χ4n) is 2.77. The molecule has 30 heavy (non-hydrogen) atoms. The van der Waals surface area contributed by atoms with E-state index in [1.807, 2.05) is 6.07 Å². The molecule has 6 heteroatoms. The van der Waals surface area contributed by atoms with Crippen LogP contribution in [0.3, 0.4) is 0 Å². The fraction of sp³-hybridized carbons (Fsp3) is 0.458. The summed E-state index contributed by atoms with van der Waals surface area (Å²) in [5, 5.41) is 18.4. The summed E-state index contributed by atoms with van der Waals surface area (Å²) in [4.78, 5) is 12.3. The number of benzene rings is 2. The molecule has 0 bridgehead atoms. The van der Waals surface area contributed by atoms with Gasteiger partial charge in [-0.2, -0.15) is 0 Å². The summed E-state index contributed by atoms with van der Waals surface area (Å²) >= 11 is 0. The molecule has 2 rings (SSSR count). The standard InChI is InChI=1S/C24H32N2O4/c1-23(2,3)14-16-8-10-19(18(12-16)22(28)29-7)25-26-20-11-9-17(27)13-21(20)30-15-24(4,5)6/h8-13,27H,14-15H2,1-7H3. The highest BCUT2D eigenvalue weighted by molar-refractivity contribution is 5.95. The first-order valence-corrected chi connectivity index (χ1v) is 9.97. The van der Waals surface area contributed by atoms with Gasteiger partial charge in [-0.15, -0.1) is 10.2 Å². The van der Waals surface area contributed by atoms with Crippen LogP contribution in [-0.2, 0) is 11.2 Å². The smallest absolute Gasteiger partial charge is 0.340 e. The van der Waals surface area contributed by atoms with Crippen molar-refractivity contribution in [2.75, 3.05) is 13.7 Å². The monoisotopic (exact) mass is 412 g/mol. The van der Waals surface area contributed by atoms with Crippen molar-refractivity contribution in [1.29, 1.82) is 0 Å². The summed E-state index contributed by atoms with van der Waals surface area (Å²) < 4.78 is 10.8. The van der Waals surface area contributed by atoms with Crippen LogP contribution in [0.15, 0.2) is 46.6 Å². The predicted octanol–water partition coefficient (Wildman–Crippen LogP) is 6.61. The Morgan fingerprint density at radius 3 is 2.17 bits per heavy atom. The Balaban J connectivity index is 2.38. The topological polar surface area (TPSA) is 80.5 Å². The van der Waals surface area contributed by atoms with E-state index >= 15 is 0 Å². The number of methoxy groups -OCH3 is 1. The molecule has 6 nitrogen and oxygen atoms in total. The average molecular weight is 413 g/mol. The van der Waals surface area contributed by atoms with Crippen molar-refractivity contribution >= 4 is 17.3 Å². The number of aromatic hydroxyl groups is 1. The number of hydrogen-bond acceptors (Lipinski definition) is 6. The quantitative estimate of drug-likeness (QED) is 0.428. The van der Waals surface area contributed by atoms with E-state index in [0.717, 1.165) is 12.0 Å². The van der Waals surface area contributed by atoms with E-state index in [2.05, 4.69) is 51.8 Å². The molecule has 0 unspecified atom stereocenters. The zero-order chi connectivity index (χ0) is 22.5. The van der Waals surface area contributed by atoms with Crippen LogP contribution in [0, 0.1) is 10.8 Å². The number of hydrogen-bond donors (Lipinski definition) is 1. The van der Waals surface area contributed by atoms with Gasteiger partial charge in [0.15, 0.2) is 5.75 Å². The van der Waals surface area contributed by atoms with E-state index in [9.17, 15) is 9.90 Å². The molecule has 0 amide bonds. The maximum Gasteiger partial charge on any atom is 0.340 e. The highest BCUT2D eigenvalue weighted by atomic mass is 16.5. The van der Waals surface area contributed by atoms with E-state index in [-0.39, 0.29) is 16.6 Å². The van der Waals surface area contributed by atoms with Crippen molar-refractivity contribution in [3.05, 3.63) is 47.5 Å². The number of carbonyl (C=O) groups excluding carboxylic acids is 1. The minimum Gasteiger partial charge on any atom is -0.508 e. The first-order valence-electron chi connectivity index (χ1n) is 9.97. The summed E-state index contributed by atoms with van der Waals surface area (Å²) in [6.07, 6.45) is 0.817. The van der Waals surface area contributed by atoms with Crippen LogP contribution in [0.2, 0.25) is 0 Å². The van der Waals surface area contributed by atoms with Crippen molar-refractivity contribution in [3.8, 4) is 11.5 Å². The lowest BCUT2D eigenvalue weighted by atomic mass is 9.87. The van der Waals surface area contributed by atoms with Gasteiger partial charge in [-0.1, -0.05) is 47.6 Å². The molecule has 0 heterocycles. The fourth-order valence-corrected chi connectivity index (χ4v) is 2.77. The molecule has 0 spiro atoms. The van der Waals surface area contributed by atoms with Crippen LogP contribution in [0.4, 0.5) is 11.4 Å². The molecule has 0 aromatic heterocycles. The van der Waals surface area contributed by atoms with Gasteiger partial charge in [0.25, 0.3) is 0 Å². The van der Waals surface area contributed by atoms with E-state index in [4.69, 9.17) is 9.47 Å². The lowest BCUT2D eigenvalue weighted by Crippen LogP contribution is -2.16. The maximum atomic E-state index is 12.3.